The molecule has 17 heavy (non-hydrogen) atoms. The first-order chi connectivity index (χ1) is 8.31. The number of nitrogens with one attached hydrogen (secondary N) is 1. The van der Waals surface area contributed by atoms with Crippen molar-refractivity contribution >= 4 is 16.5 Å². The predicted molar refractivity (Wildman–Crippen MR) is 70.3 cm³/mol. The van der Waals surface area contributed by atoms with Crippen LogP contribution in [0.5, 0.6) is 0 Å². The summed E-state index contributed by atoms with van der Waals surface area (Å²) in [5, 5.41) is 13.2. The van der Waals surface area contributed by atoms with Gasteiger partial charge in [0.05, 0.1) is 5.69 Å². The Hall–Kier alpha value is -1.12. The molecule has 0 bridgehead atoms. The van der Waals surface area contributed by atoms with Gasteiger partial charge in [-0.2, -0.15) is 9.64 Å². The van der Waals surface area contributed by atoms with Crippen LogP contribution in [0.25, 0.3) is 0 Å². The van der Waals surface area contributed by atoms with E-state index in [-0.39, 0.29) is 0 Å². The highest BCUT2D eigenvalue weighted by Gasteiger charge is 2.11. The van der Waals surface area contributed by atoms with Crippen LogP contribution in [-0.2, 0) is 0 Å². The number of nitrogens with zero attached hydrogens (tertiary/aromatic N) is 3. The molecule has 0 radical (unpaired) electrons. The van der Waals surface area contributed by atoms with Gasteiger partial charge in [0.25, 0.3) is 0 Å². The van der Waals surface area contributed by atoms with E-state index in [9.17, 15) is 0 Å². The second-order valence-corrected chi connectivity index (χ2v) is 5.19. The maximum absolute atomic E-state index is 9.00. The van der Waals surface area contributed by atoms with Gasteiger partial charge in [-0.1, -0.05) is 6.42 Å². The lowest BCUT2D eigenvalue weighted by atomic mass is 10.1. The monoisotopic (exact) mass is 250 g/mol. The Labute approximate surface area is 106 Å². The molecule has 1 N–H and O–H groups in total. The fraction of sp³-hybridized carbons (Fsp3) is 0.667. The summed E-state index contributed by atoms with van der Waals surface area (Å²) in [5.41, 5.74) is 1.53. The summed E-state index contributed by atoms with van der Waals surface area (Å²) in [7, 11) is 0. The maximum Gasteiger partial charge on any atom is 0.127 e. The maximum atomic E-state index is 9.00. The predicted octanol–water partition coefficient (Wildman–Crippen LogP) is 2.22. The van der Waals surface area contributed by atoms with Crippen molar-refractivity contribution in [1.29, 1.82) is 5.26 Å². The van der Waals surface area contributed by atoms with Crippen LogP contribution in [0.1, 0.15) is 30.5 Å². The number of likely N-dealkylation sites (tertiary alicyclic amines) is 1. The first-order valence-electron chi connectivity index (χ1n) is 6.14. The molecule has 1 saturated heterocycles. The van der Waals surface area contributed by atoms with E-state index in [1.807, 2.05) is 6.92 Å². The van der Waals surface area contributed by atoms with Gasteiger partial charge in [-0.25, -0.2) is 0 Å². The Bertz CT molecular complexity index is 401. The second kappa shape index (κ2) is 5.99. The van der Waals surface area contributed by atoms with Crippen LogP contribution < -0.4 is 5.32 Å². The van der Waals surface area contributed by atoms with Crippen LogP contribution in [-0.4, -0.2) is 35.5 Å². The van der Waals surface area contributed by atoms with Crippen LogP contribution in [0.15, 0.2) is 0 Å². The highest BCUT2D eigenvalue weighted by molar-refractivity contribution is 7.10. The molecule has 0 saturated carbocycles. The van der Waals surface area contributed by atoms with Gasteiger partial charge in [0.15, 0.2) is 0 Å². The van der Waals surface area contributed by atoms with Crippen molar-refractivity contribution in [2.75, 3.05) is 31.5 Å². The SMILES string of the molecule is Cc1nsc(NCCN2CCCCC2)c1C#N. The van der Waals surface area contributed by atoms with Crippen molar-refractivity contribution in [3.63, 3.8) is 0 Å². The summed E-state index contributed by atoms with van der Waals surface area (Å²) < 4.78 is 4.20. The fourth-order valence-electron chi connectivity index (χ4n) is 2.13. The molecule has 0 aliphatic carbocycles. The van der Waals surface area contributed by atoms with Crippen molar-refractivity contribution in [3.8, 4) is 6.07 Å². The van der Waals surface area contributed by atoms with Crippen LogP contribution in [0.3, 0.4) is 0 Å². The summed E-state index contributed by atoms with van der Waals surface area (Å²) in [6.45, 7) is 6.27. The summed E-state index contributed by atoms with van der Waals surface area (Å²) >= 11 is 1.39. The Morgan fingerprint density at radius 2 is 2.18 bits per heavy atom. The Balaban J connectivity index is 1.79. The van der Waals surface area contributed by atoms with E-state index in [1.54, 1.807) is 0 Å². The van der Waals surface area contributed by atoms with Crippen LogP contribution >= 0.6 is 11.5 Å². The number of anilines is 1. The van der Waals surface area contributed by atoms with Crippen LogP contribution in [0, 0.1) is 18.3 Å². The molecule has 0 amide bonds. The van der Waals surface area contributed by atoms with E-state index in [4.69, 9.17) is 5.26 Å². The fourth-order valence-corrected chi connectivity index (χ4v) is 2.90. The van der Waals surface area contributed by atoms with Gasteiger partial charge in [-0.3, -0.25) is 0 Å². The zero-order chi connectivity index (χ0) is 12.1. The molecule has 1 fully saturated rings. The number of rotatable bonds is 4. The van der Waals surface area contributed by atoms with Gasteiger partial charge in [0, 0.05) is 13.1 Å². The minimum Gasteiger partial charge on any atom is -0.373 e. The molecular formula is C12H18N4S. The first-order valence-corrected chi connectivity index (χ1v) is 6.91. The molecular weight excluding hydrogens is 232 g/mol. The molecule has 0 unspecified atom stereocenters. The summed E-state index contributed by atoms with van der Waals surface area (Å²) in [4.78, 5) is 2.48. The molecule has 1 aliphatic rings. The Kier molecular flexibility index (Phi) is 4.35. The number of aromatic nitrogens is 1. The average molecular weight is 250 g/mol. The molecule has 5 heteroatoms. The third-order valence-electron chi connectivity index (χ3n) is 3.14. The van der Waals surface area contributed by atoms with Gasteiger partial charge >= 0.3 is 0 Å². The van der Waals surface area contributed by atoms with E-state index < -0.39 is 0 Å². The van der Waals surface area contributed by atoms with Gasteiger partial charge in [-0.15, -0.1) is 0 Å². The van der Waals surface area contributed by atoms with Gasteiger partial charge in [0.2, 0.25) is 0 Å². The number of nitriles is 1. The van der Waals surface area contributed by atoms with Gasteiger partial charge < -0.3 is 10.2 Å². The van der Waals surface area contributed by atoms with E-state index in [2.05, 4.69) is 20.7 Å². The lowest BCUT2D eigenvalue weighted by molar-refractivity contribution is 0.237. The zero-order valence-corrected chi connectivity index (χ0v) is 11.0. The molecule has 0 atom stereocenters. The molecule has 0 spiro atoms. The Morgan fingerprint density at radius 1 is 1.41 bits per heavy atom. The molecule has 1 aliphatic heterocycles. The summed E-state index contributed by atoms with van der Waals surface area (Å²) in [6, 6.07) is 2.20. The van der Waals surface area contributed by atoms with Crippen molar-refractivity contribution in [1.82, 2.24) is 9.27 Å². The normalized spacial score (nSPS) is 16.7. The van der Waals surface area contributed by atoms with Crippen LogP contribution in [0.4, 0.5) is 5.00 Å². The molecule has 92 valence electrons. The van der Waals surface area contributed by atoms with Crippen molar-refractivity contribution < 1.29 is 0 Å². The lowest BCUT2D eigenvalue weighted by Gasteiger charge is -2.26. The van der Waals surface area contributed by atoms with Gasteiger partial charge in [0.1, 0.15) is 16.6 Å². The number of hydrogen-bond donors (Lipinski definition) is 1. The average Bonchev–Trinajstić information content (AvgIpc) is 2.71. The number of aryl methyl sites for hydroxylation is 1. The molecule has 2 heterocycles. The molecule has 1 aromatic heterocycles. The third-order valence-corrected chi connectivity index (χ3v) is 4.03. The lowest BCUT2D eigenvalue weighted by Crippen LogP contribution is -2.33. The number of piperidine rings is 1. The largest absolute Gasteiger partial charge is 0.373 e. The van der Waals surface area contributed by atoms with Crippen molar-refractivity contribution in [2.24, 2.45) is 0 Å². The van der Waals surface area contributed by atoms with E-state index >= 15 is 0 Å². The Morgan fingerprint density at radius 3 is 2.88 bits per heavy atom. The van der Waals surface area contributed by atoms with Crippen molar-refractivity contribution in [3.05, 3.63) is 11.3 Å². The smallest absolute Gasteiger partial charge is 0.127 e. The van der Waals surface area contributed by atoms with E-state index in [0.29, 0.717) is 5.56 Å². The van der Waals surface area contributed by atoms with E-state index in [0.717, 1.165) is 23.8 Å². The highest BCUT2D eigenvalue weighted by Crippen LogP contribution is 2.22. The highest BCUT2D eigenvalue weighted by atomic mass is 32.1. The molecule has 0 aromatic carbocycles. The topological polar surface area (TPSA) is 52.0 Å². The quantitative estimate of drug-likeness (QED) is 0.890. The van der Waals surface area contributed by atoms with Crippen molar-refractivity contribution in [2.45, 2.75) is 26.2 Å². The van der Waals surface area contributed by atoms with Gasteiger partial charge in [-0.05, 0) is 44.4 Å². The zero-order valence-electron chi connectivity index (χ0n) is 10.2. The summed E-state index contributed by atoms with van der Waals surface area (Å²) in [5.74, 6) is 0. The third kappa shape index (κ3) is 3.18. The first kappa shape index (κ1) is 12.3. The molecule has 1 aromatic rings. The summed E-state index contributed by atoms with van der Waals surface area (Å²) in [6.07, 6.45) is 4.02. The molecule has 4 nitrogen and oxygen atoms in total. The van der Waals surface area contributed by atoms with Crippen LogP contribution in [0.2, 0.25) is 0 Å². The van der Waals surface area contributed by atoms with E-state index in [1.165, 1.54) is 43.9 Å². The second-order valence-electron chi connectivity index (χ2n) is 4.41. The minimum absolute atomic E-state index is 0.702. The minimum atomic E-state index is 0.702. The molecule has 2 rings (SSSR count). The number of hydrogen-bond acceptors (Lipinski definition) is 5. The standard InChI is InChI=1S/C12H18N4S/c1-10-11(9-13)12(17-15-10)14-5-8-16-6-3-2-4-7-16/h14H,2-8H2,1H3.